The number of aromatic nitrogens is 2. The van der Waals surface area contributed by atoms with Crippen LogP contribution in [0.5, 0.6) is 0 Å². The van der Waals surface area contributed by atoms with Crippen molar-refractivity contribution >= 4 is 6.09 Å². The highest BCUT2D eigenvalue weighted by molar-refractivity contribution is 5.68. The monoisotopic (exact) mass is 292 g/mol. The lowest BCUT2D eigenvalue weighted by atomic mass is 10.2. The van der Waals surface area contributed by atoms with Gasteiger partial charge in [-0.3, -0.25) is 14.9 Å². The van der Waals surface area contributed by atoms with Gasteiger partial charge in [-0.15, -0.1) is 0 Å². The summed E-state index contributed by atoms with van der Waals surface area (Å²) in [5, 5.41) is 2.93. The van der Waals surface area contributed by atoms with Crippen LogP contribution in [0.15, 0.2) is 18.6 Å². The van der Waals surface area contributed by atoms with Gasteiger partial charge in [-0.2, -0.15) is 0 Å². The van der Waals surface area contributed by atoms with E-state index >= 15 is 0 Å². The number of carbonyl (C=O) groups excluding carboxylic acids is 1. The van der Waals surface area contributed by atoms with E-state index in [9.17, 15) is 4.79 Å². The number of nitrogens with one attached hydrogen (secondary N) is 1. The van der Waals surface area contributed by atoms with Gasteiger partial charge in [0.25, 0.3) is 0 Å². The lowest BCUT2D eigenvalue weighted by Gasteiger charge is -2.24. The number of nitrogens with zero attached hydrogens (tertiary/aromatic N) is 3. The molecule has 6 heteroatoms. The van der Waals surface area contributed by atoms with Gasteiger partial charge in [0.2, 0.25) is 0 Å². The van der Waals surface area contributed by atoms with Gasteiger partial charge in [-0.25, -0.2) is 4.79 Å². The van der Waals surface area contributed by atoms with Crippen molar-refractivity contribution in [1.82, 2.24) is 20.2 Å². The first kappa shape index (κ1) is 15.7. The number of carbonyl (C=O) groups is 1. The third-order valence-corrected chi connectivity index (χ3v) is 3.50. The molecular formula is C15H24N4O2. The molecule has 116 valence electrons. The van der Waals surface area contributed by atoms with E-state index in [-0.39, 0.29) is 18.2 Å². The second kappa shape index (κ2) is 6.39. The fourth-order valence-electron chi connectivity index (χ4n) is 2.44. The Bertz CT molecular complexity index is 472. The van der Waals surface area contributed by atoms with Crippen LogP contribution in [-0.4, -0.2) is 45.7 Å². The number of likely N-dealkylation sites (tertiary alicyclic amines) is 1. The van der Waals surface area contributed by atoms with Crippen molar-refractivity contribution < 1.29 is 9.53 Å². The molecule has 6 nitrogen and oxygen atoms in total. The molecule has 2 atom stereocenters. The van der Waals surface area contributed by atoms with Crippen molar-refractivity contribution in [3.05, 3.63) is 24.3 Å². The molecule has 21 heavy (non-hydrogen) atoms. The van der Waals surface area contributed by atoms with Crippen LogP contribution in [0.2, 0.25) is 0 Å². The molecule has 1 aliphatic heterocycles. The maximum atomic E-state index is 11.8. The van der Waals surface area contributed by atoms with Crippen molar-refractivity contribution in [2.45, 2.75) is 51.8 Å². The van der Waals surface area contributed by atoms with Gasteiger partial charge >= 0.3 is 6.09 Å². The molecule has 1 aromatic rings. The molecule has 0 aliphatic carbocycles. The molecule has 1 saturated heterocycles. The van der Waals surface area contributed by atoms with E-state index in [4.69, 9.17) is 4.74 Å². The van der Waals surface area contributed by atoms with E-state index in [1.54, 1.807) is 18.6 Å². The minimum Gasteiger partial charge on any atom is -0.444 e. The van der Waals surface area contributed by atoms with Crippen molar-refractivity contribution in [2.24, 2.45) is 0 Å². The lowest BCUT2D eigenvalue weighted by molar-refractivity contribution is 0.0504. The summed E-state index contributed by atoms with van der Waals surface area (Å²) in [6, 6.07) is 0.322. The predicted octanol–water partition coefficient (Wildman–Crippen LogP) is 2.14. The summed E-state index contributed by atoms with van der Waals surface area (Å²) in [5.74, 6) is 0. The maximum Gasteiger partial charge on any atom is 0.407 e. The largest absolute Gasteiger partial charge is 0.444 e. The Balaban J connectivity index is 1.85. The first-order chi connectivity index (χ1) is 9.85. The molecule has 2 heterocycles. The Morgan fingerprint density at radius 3 is 2.86 bits per heavy atom. The topological polar surface area (TPSA) is 67.4 Å². The molecule has 0 aromatic carbocycles. The van der Waals surface area contributed by atoms with Gasteiger partial charge < -0.3 is 10.1 Å². The summed E-state index contributed by atoms with van der Waals surface area (Å²) in [6.07, 6.45) is 5.75. The van der Waals surface area contributed by atoms with E-state index in [1.807, 2.05) is 20.8 Å². The number of amides is 1. The summed E-state index contributed by atoms with van der Waals surface area (Å²) in [5.41, 5.74) is 0.491. The first-order valence-corrected chi connectivity index (χ1v) is 7.34. The van der Waals surface area contributed by atoms with Crippen LogP contribution in [0.25, 0.3) is 0 Å². The lowest BCUT2D eigenvalue weighted by Crippen LogP contribution is -2.40. The Morgan fingerprint density at radius 2 is 2.24 bits per heavy atom. The molecule has 0 saturated carbocycles. The average Bonchev–Trinajstić information content (AvgIpc) is 2.85. The van der Waals surface area contributed by atoms with Gasteiger partial charge in [0, 0.05) is 37.7 Å². The molecule has 1 N–H and O–H groups in total. The minimum absolute atomic E-state index is 0.124. The van der Waals surface area contributed by atoms with Crippen molar-refractivity contribution in [3.63, 3.8) is 0 Å². The number of ether oxygens (including phenoxy) is 1. The van der Waals surface area contributed by atoms with Crippen LogP contribution in [-0.2, 0) is 4.74 Å². The standard InChI is InChI=1S/C15H24N4O2/c1-11(13-9-16-6-7-17-13)19-8-5-12(10-19)18-14(20)21-15(2,3)4/h6-7,9,11-12H,5,8,10H2,1-4H3,(H,18,20)/t11-,12+/m1/s1. The first-order valence-electron chi connectivity index (χ1n) is 7.34. The van der Waals surface area contributed by atoms with E-state index in [1.165, 1.54) is 0 Å². The molecule has 1 aliphatic rings. The molecule has 0 radical (unpaired) electrons. The van der Waals surface area contributed by atoms with Crippen molar-refractivity contribution in [2.75, 3.05) is 13.1 Å². The average molecular weight is 292 g/mol. The molecule has 0 unspecified atom stereocenters. The predicted molar refractivity (Wildman–Crippen MR) is 79.8 cm³/mol. The van der Waals surface area contributed by atoms with Crippen molar-refractivity contribution in [1.29, 1.82) is 0 Å². The van der Waals surface area contributed by atoms with E-state index < -0.39 is 5.60 Å². The molecular weight excluding hydrogens is 268 g/mol. The maximum absolute atomic E-state index is 11.8. The molecule has 0 spiro atoms. The number of rotatable bonds is 3. The number of hydrogen-bond donors (Lipinski definition) is 1. The van der Waals surface area contributed by atoms with E-state index in [0.717, 1.165) is 25.2 Å². The number of alkyl carbamates (subject to hydrolysis) is 1. The van der Waals surface area contributed by atoms with E-state index in [2.05, 4.69) is 27.1 Å². The van der Waals surface area contributed by atoms with Gasteiger partial charge in [0.15, 0.2) is 0 Å². The van der Waals surface area contributed by atoms with Crippen molar-refractivity contribution in [3.8, 4) is 0 Å². The van der Waals surface area contributed by atoms with Crippen LogP contribution < -0.4 is 5.32 Å². The summed E-state index contributed by atoms with van der Waals surface area (Å²) >= 11 is 0. The smallest absolute Gasteiger partial charge is 0.407 e. The zero-order valence-electron chi connectivity index (χ0n) is 13.2. The van der Waals surface area contributed by atoms with Crippen LogP contribution in [0.4, 0.5) is 4.79 Å². The molecule has 0 bridgehead atoms. The van der Waals surface area contributed by atoms with E-state index in [0.29, 0.717) is 0 Å². The fraction of sp³-hybridized carbons (Fsp3) is 0.667. The van der Waals surface area contributed by atoms with Gasteiger partial charge in [-0.05, 0) is 34.1 Å². The fourth-order valence-corrected chi connectivity index (χ4v) is 2.44. The molecule has 1 aromatic heterocycles. The summed E-state index contributed by atoms with van der Waals surface area (Å²) in [4.78, 5) is 22.5. The van der Waals surface area contributed by atoms with Gasteiger partial charge in [0.05, 0.1) is 11.7 Å². The minimum atomic E-state index is -0.463. The molecule has 2 rings (SSSR count). The Morgan fingerprint density at radius 1 is 1.48 bits per heavy atom. The Labute approximate surface area is 125 Å². The third kappa shape index (κ3) is 4.67. The second-order valence-electron chi connectivity index (χ2n) is 6.43. The SMILES string of the molecule is C[C@H](c1cnccn1)N1CC[C@H](NC(=O)OC(C)(C)C)C1. The van der Waals surface area contributed by atoms with Crippen LogP contribution in [0.1, 0.15) is 45.9 Å². The van der Waals surface area contributed by atoms with Crippen LogP contribution in [0, 0.1) is 0 Å². The highest BCUT2D eigenvalue weighted by Gasteiger charge is 2.29. The normalized spacial score (nSPS) is 21.0. The Kier molecular flexibility index (Phi) is 4.77. The summed E-state index contributed by atoms with van der Waals surface area (Å²) in [6.45, 7) is 9.44. The van der Waals surface area contributed by atoms with Crippen LogP contribution >= 0.6 is 0 Å². The Hall–Kier alpha value is -1.69. The zero-order chi connectivity index (χ0) is 15.5. The number of hydrogen-bond acceptors (Lipinski definition) is 5. The van der Waals surface area contributed by atoms with Gasteiger partial charge in [0.1, 0.15) is 5.60 Å². The quantitative estimate of drug-likeness (QED) is 0.924. The summed E-state index contributed by atoms with van der Waals surface area (Å²) < 4.78 is 5.29. The zero-order valence-corrected chi connectivity index (χ0v) is 13.2. The third-order valence-electron chi connectivity index (χ3n) is 3.50. The molecule has 1 fully saturated rings. The highest BCUT2D eigenvalue weighted by Crippen LogP contribution is 2.22. The summed E-state index contributed by atoms with van der Waals surface area (Å²) in [7, 11) is 0. The van der Waals surface area contributed by atoms with Crippen LogP contribution in [0.3, 0.4) is 0 Å². The molecule has 1 amide bonds. The van der Waals surface area contributed by atoms with Gasteiger partial charge in [-0.1, -0.05) is 0 Å². The highest BCUT2D eigenvalue weighted by atomic mass is 16.6. The second-order valence-corrected chi connectivity index (χ2v) is 6.43.